The summed E-state index contributed by atoms with van der Waals surface area (Å²) in [5, 5.41) is 0.192. The van der Waals surface area contributed by atoms with Crippen LogP contribution in [0.1, 0.15) is 5.82 Å². The Balaban J connectivity index is 2.84. The summed E-state index contributed by atoms with van der Waals surface area (Å²) < 4.78 is 64.2. The summed E-state index contributed by atoms with van der Waals surface area (Å²) in [5.74, 6) is -1.30. The lowest BCUT2D eigenvalue weighted by atomic mass is 10.5. The van der Waals surface area contributed by atoms with Crippen molar-refractivity contribution in [1.82, 2.24) is 9.36 Å². The molecule has 0 amide bonds. The third kappa shape index (κ3) is 4.34. The Morgan fingerprint density at radius 1 is 1.35 bits per heavy atom. The Hall–Kier alpha value is -0.510. The van der Waals surface area contributed by atoms with Crippen LogP contribution in [0.5, 0.6) is 0 Å². The zero-order valence-corrected chi connectivity index (χ0v) is 10.6. The Bertz CT molecular complexity index is 356. The van der Waals surface area contributed by atoms with Crippen LogP contribution in [0.15, 0.2) is 0 Å². The van der Waals surface area contributed by atoms with Gasteiger partial charge in [0.15, 0.2) is 0 Å². The first-order chi connectivity index (χ1) is 7.84. The number of alkyl halides is 6. The molecule has 0 aliphatic heterocycles. The standard InChI is InChI=1S/C7H7BrF5N3S/c8-1-2-16(3-4(9)10)6-14-5(15-17-6)7(11,12)13/h4H,1-3H2. The summed E-state index contributed by atoms with van der Waals surface area (Å²) in [7, 11) is 0. The van der Waals surface area contributed by atoms with Crippen LogP contribution in [0.2, 0.25) is 0 Å². The van der Waals surface area contributed by atoms with E-state index in [1.807, 2.05) is 0 Å². The zero-order valence-electron chi connectivity index (χ0n) is 8.22. The van der Waals surface area contributed by atoms with E-state index in [1.54, 1.807) is 0 Å². The van der Waals surface area contributed by atoms with E-state index in [0.717, 1.165) is 4.90 Å². The molecule has 0 aliphatic carbocycles. The second-order valence-electron chi connectivity index (χ2n) is 2.92. The monoisotopic (exact) mass is 339 g/mol. The summed E-state index contributed by atoms with van der Waals surface area (Å²) in [4.78, 5) is 4.27. The first-order valence-corrected chi connectivity index (χ1v) is 6.24. The fourth-order valence-electron chi connectivity index (χ4n) is 0.993. The van der Waals surface area contributed by atoms with Gasteiger partial charge in [0, 0.05) is 23.4 Å². The average Bonchev–Trinajstić information content (AvgIpc) is 2.64. The van der Waals surface area contributed by atoms with Gasteiger partial charge in [-0.2, -0.15) is 22.5 Å². The van der Waals surface area contributed by atoms with Crippen LogP contribution in [0.25, 0.3) is 0 Å². The first kappa shape index (κ1) is 14.6. The van der Waals surface area contributed by atoms with Crippen molar-refractivity contribution in [3.63, 3.8) is 0 Å². The van der Waals surface area contributed by atoms with Crippen molar-refractivity contribution in [3.8, 4) is 0 Å². The predicted octanol–water partition coefficient (Wildman–Crippen LogP) is 3.02. The number of halogens is 6. The third-order valence-corrected chi connectivity index (χ3v) is 2.78. The van der Waals surface area contributed by atoms with Crippen molar-refractivity contribution in [2.75, 3.05) is 23.3 Å². The summed E-state index contributed by atoms with van der Waals surface area (Å²) in [6.07, 6.45) is -7.30. The van der Waals surface area contributed by atoms with E-state index in [9.17, 15) is 22.0 Å². The lowest BCUT2D eigenvalue weighted by Gasteiger charge is -2.19. The van der Waals surface area contributed by atoms with Crippen LogP contribution in [0, 0.1) is 0 Å². The molecular weight excluding hydrogens is 333 g/mol. The van der Waals surface area contributed by atoms with Crippen LogP contribution in [-0.2, 0) is 6.18 Å². The number of hydrogen-bond acceptors (Lipinski definition) is 4. The molecule has 1 heterocycles. The van der Waals surface area contributed by atoms with Crippen LogP contribution in [0.3, 0.4) is 0 Å². The third-order valence-electron chi connectivity index (χ3n) is 1.65. The highest BCUT2D eigenvalue weighted by molar-refractivity contribution is 9.09. The highest BCUT2D eigenvalue weighted by atomic mass is 79.9. The van der Waals surface area contributed by atoms with E-state index < -0.39 is 25.0 Å². The van der Waals surface area contributed by atoms with Crippen molar-refractivity contribution in [2.24, 2.45) is 0 Å². The van der Waals surface area contributed by atoms with Gasteiger partial charge in [-0.3, -0.25) is 0 Å². The molecule has 0 spiro atoms. The Morgan fingerprint density at radius 2 is 2.00 bits per heavy atom. The number of aromatic nitrogens is 2. The molecule has 17 heavy (non-hydrogen) atoms. The minimum atomic E-state index is -4.65. The van der Waals surface area contributed by atoms with Crippen molar-refractivity contribution in [3.05, 3.63) is 5.82 Å². The van der Waals surface area contributed by atoms with E-state index in [-0.39, 0.29) is 11.7 Å². The maximum Gasteiger partial charge on any atom is 0.452 e. The van der Waals surface area contributed by atoms with Crippen molar-refractivity contribution in [1.29, 1.82) is 0 Å². The van der Waals surface area contributed by atoms with Gasteiger partial charge in [-0.15, -0.1) is 0 Å². The van der Waals surface area contributed by atoms with E-state index in [0.29, 0.717) is 16.9 Å². The Morgan fingerprint density at radius 3 is 2.41 bits per heavy atom. The molecule has 0 unspecified atom stereocenters. The lowest BCUT2D eigenvalue weighted by molar-refractivity contribution is -0.144. The highest BCUT2D eigenvalue weighted by Gasteiger charge is 2.36. The van der Waals surface area contributed by atoms with Crippen LogP contribution in [0.4, 0.5) is 27.1 Å². The minimum Gasteiger partial charge on any atom is -0.340 e. The normalized spacial score (nSPS) is 12.2. The maximum absolute atomic E-state index is 12.2. The maximum atomic E-state index is 12.2. The summed E-state index contributed by atoms with van der Waals surface area (Å²) in [6.45, 7) is -0.533. The van der Waals surface area contributed by atoms with Gasteiger partial charge in [-0.25, -0.2) is 8.78 Å². The van der Waals surface area contributed by atoms with Gasteiger partial charge < -0.3 is 4.90 Å². The molecule has 0 aliphatic rings. The second-order valence-corrected chi connectivity index (χ2v) is 4.45. The number of anilines is 1. The van der Waals surface area contributed by atoms with Crippen molar-refractivity contribution in [2.45, 2.75) is 12.6 Å². The van der Waals surface area contributed by atoms with Gasteiger partial charge in [0.2, 0.25) is 11.0 Å². The molecule has 98 valence electrons. The zero-order chi connectivity index (χ0) is 13.1. The van der Waals surface area contributed by atoms with Gasteiger partial charge in [-0.05, 0) is 0 Å². The van der Waals surface area contributed by atoms with Crippen LogP contribution >= 0.6 is 27.5 Å². The Labute approximate surface area is 106 Å². The van der Waals surface area contributed by atoms with E-state index in [1.165, 1.54) is 0 Å². The predicted molar refractivity (Wildman–Crippen MR) is 56.9 cm³/mol. The fourth-order valence-corrected chi connectivity index (χ4v) is 2.14. The topological polar surface area (TPSA) is 29.0 Å². The minimum absolute atomic E-state index is 0.136. The molecule has 3 nitrogen and oxygen atoms in total. The quantitative estimate of drug-likeness (QED) is 0.610. The molecule has 0 radical (unpaired) electrons. The second kappa shape index (κ2) is 5.89. The molecule has 0 aromatic carbocycles. The van der Waals surface area contributed by atoms with Crippen molar-refractivity contribution >= 4 is 32.6 Å². The number of nitrogens with zero attached hydrogens (tertiary/aromatic N) is 3. The summed E-state index contributed by atoms with van der Waals surface area (Å²) in [6, 6.07) is 0. The smallest absolute Gasteiger partial charge is 0.340 e. The Kier molecular flexibility index (Phi) is 5.04. The van der Waals surface area contributed by atoms with Gasteiger partial charge in [0.1, 0.15) is 0 Å². The molecule has 0 fully saturated rings. The van der Waals surface area contributed by atoms with Gasteiger partial charge >= 0.3 is 6.18 Å². The molecule has 0 bridgehead atoms. The molecular formula is C7H7BrF5N3S. The summed E-state index contributed by atoms with van der Waals surface area (Å²) >= 11 is 3.49. The molecule has 1 rings (SSSR count). The van der Waals surface area contributed by atoms with Crippen LogP contribution < -0.4 is 4.90 Å². The van der Waals surface area contributed by atoms with Crippen molar-refractivity contribution < 1.29 is 22.0 Å². The largest absolute Gasteiger partial charge is 0.452 e. The van der Waals surface area contributed by atoms with Gasteiger partial charge in [-0.1, -0.05) is 15.9 Å². The van der Waals surface area contributed by atoms with Crippen LogP contribution in [-0.4, -0.2) is 34.2 Å². The first-order valence-electron chi connectivity index (χ1n) is 4.34. The van der Waals surface area contributed by atoms with E-state index in [2.05, 4.69) is 25.3 Å². The van der Waals surface area contributed by atoms with Gasteiger partial charge in [0.25, 0.3) is 6.43 Å². The molecule has 10 heteroatoms. The lowest BCUT2D eigenvalue weighted by Crippen LogP contribution is -2.30. The molecule has 0 saturated heterocycles. The molecule has 0 atom stereocenters. The number of hydrogen-bond donors (Lipinski definition) is 0. The average molecular weight is 340 g/mol. The summed E-state index contributed by atoms with van der Waals surface area (Å²) in [5.41, 5.74) is 0. The number of rotatable bonds is 5. The molecule has 1 aromatic heterocycles. The SMILES string of the molecule is FC(F)CN(CCBr)c1nc(C(F)(F)F)ns1. The molecule has 0 saturated carbocycles. The van der Waals surface area contributed by atoms with E-state index in [4.69, 9.17) is 0 Å². The fraction of sp³-hybridized carbons (Fsp3) is 0.714. The van der Waals surface area contributed by atoms with E-state index >= 15 is 0 Å². The molecule has 1 aromatic rings. The molecule has 0 N–H and O–H groups in total. The highest BCUT2D eigenvalue weighted by Crippen LogP contribution is 2.30. The van der Waals surface area contributed by atoms with Gasteiger partial charge in [0.05, 0.1) is 6.54 Å².